The number of nitrogens with zero attached hydrogens (tertiary/aromatic N) is 2. The molecular formula is C14H24IN3. The molecule has 18 heavy (non-hydrogen) atoms. The van der Waals surface area contributed by atoms with Crippen molar-refractivity contribution in [2.24, 2.45) is 0 Å². The molecule has 0 atom stereocenters. The van der Waals surface area contributed by atoms with Crippen molar-refractivity contribution < 1.29 is 0 Å². The lowest BCUT2D eigenvalue weighted by Crippen LogP contribution is -2.13. The molecule has 0 amide bonds. The van der Waals surface area contributed by atoms with Crippen LogP contribution in [0.1, 0.15) is 70.8 Å². The maximum Gasteiger partial charge on any atom is 0.143 e. The van der Waals surface area contributed by atoms with Crippen LogP contribution in [-0.4, -0.2) is 16.5 Å². The van der Waals surface area contributed by atoms with E-state index in [1.54, 1.807) is 0 Å². The fourth-order valence-corrected chi connectivity index (χ4v) is 3.04. The van der Waals surface area contributed by atoms with Gasteiger partial charge in [0.05, 0.1) is 9.26 Å². The minimum atomic E-state index is 0.436. The average Bonchev–Trinajstić information content (AvgIpc) is 2.34. The predicted molar refractivity (Wildman–Crippen MR) is 86.3 cm³/mol. The molecule has 0 aromatic carbocycles. The van der Waals surface area contributed by atoms with Crippen molar-refractivity contribution in [3.05, 3.63) is 15.1 Å². The molecule has 0 aliphatic rings. The Morgan fingerprint density at radius 3 is 2.17 bits per heavy atom. The van der Waals surface area contributed by atoms with E-state index in [9.17, 15) is 0 Å². The lowest BCUT2D eigenvalue weighted by molar-refractivity contribution is 0.593. The monoisotopic (exact) mass is 361 g/mol. The van der Waals surface area contributed by atoms with Gasteiger partial charge in [0.25, 0.3) is 0 Å². The Bertz CT molecular complexity index is 387. The Morgan fingerprint density at radius 2 is 1.72 bits per heavy atom. The van der Waals surface area contributed by atoms with E-state index in [1.165, 1.54) is 9.26 Å². The highest BCUT2D eigenvalue weighted by Crippen LogP contribution is 2.29. The molecule has 1 rings (SSSR count). The van der Waals surface area contributed by atoms with E-state index in [2.05, 4.69) is 62.5 Å². The molecular weight excluding hydrogens is 337 g/mol. The first-order valence-corrected chi connectivity index (χ1v) is 7.94. The highest BCUT2D eigenvalue weighted by atomic mass is 127. The van der Waals surface area contributed by atoms with E-state index in [-0.39, 0.29) is 0 Å². The van der Waals surface area contributed by atoms with E-state index < -0.39 is 0 Å². The number of aromatic nitrogens is 2. The van der Waals surface area contributed by atoms with E-state index in [1.807, 2.05) is 0 Å². The maximum atomic E-state index is 4.80. The Balaban J connectivity index is 3.27. The van der Waals surface area contributed by atoms with Crippen LogP contribution >= 0.6 is 22.6 Å². The molecule has 3 nitrogen and oxygen atoms in total. The highest BCUT2D eigenvalue weighted by molar-refractivity contribution is 14.1. The number of anilines is 1. The second kappa shape index (κ2) is 7.26. The number of hydrogen-bond acceptors (Lipinski definition) is 3. The van der Waals surface area contributed by atoms with Crippen LogP contribution in [0.2, 0.25) is 0 Å². The molecule has 1 aromatic heterocycles. The summed E-state index contributed by atoms with van der Waals surface area (Å²) in [7, 11) is 0. The second-order valence-corrected chi connectivity index (χ2v) is 5.91. The smallest absolute Gasteiger partial charge is 0.143 e. The molecule has 0 radical (unpaired) electrons. The molecule has 0 bridgehead atoms. The van der Waals surface area contributed by atoms with Crippen molar-refractivity contribution in [1.82, 2.24) is 9.97 Å². The first kappa shape index (κ1) is 15.7. The van der Waals surface area contributed by atoms with E-state index in [0.717, 1.165) is 31.0 Å². The molecule has 0 saturated heterocycles. The van der Waals surface area contributed by atoms with E-state index in [0.29, 0.717) is 11.8 Å². The van der Waals surface area contributed by atoms with E-state index in [4.69, 9.17) is 9.97 Å². The third kappa shape index (κ3) is 3.56. The molecule has 0 saturated carbocycles. The SMILES string of the molecule is CCNc1nc(C(CC)CC)nc(C(C)C)c1I. The summed E-state index contributed by atoms with van der Waals surface area (Å²) in [4.78, 5) is 9.52. The standard InChI is InChI=1S/C14H24IN3/c1-6-10(7-2)13-17-12(9(4)5)11(15)14(18-13)16-8-3/h9-10H,6-8H2,1-5H3,(H,16,17,18). The summed E-state index contributed by atoms with van der Waals surface area (Å²) in [6.07, 6.45) is 2.19. The molecule has 102 valence electrons. The van der Waals surface area contributed by atoms with E-state index >= 15 is 0 Å². The maximum absolute atomic E-state index is 4.80. The van der Waals surface area contributed by atoms with Crippen LogP contribution < -0.4 is 5.32 Å². The van der Waals surface area contributed by atoms with Gasteiger partial charge >= 0.3 is 0 Å². The summed E-state index contributed by atoms with van der Waals surface area (Å²) in [5.41, 5.74) is 1.17. The minimum absolute atomic E-state index is 0.436. The molecule has 0 aliphatic carbocycles. The number of nitrogens with one attached hydrogen (secondary N) is 1. The Labute approximate surface area is 124 Å². The molecule has 0 spiro atoms. The Morgan fingerprint density at radius 1 is 1.11 bits per heavy atom. The average molecular weight is 361 g/mol. The fraction of sp³-hybridized carbons (Fsp3) is 0.714. The normalized spacial score (nSPS) is 11.3. The fourth-order valence-electron chi connectivity index (χ4n) is 1.99. The van der Waals surface area contributed by atoms with Gasteiger partial charge in [0, 0.05) is 12.5 Å². The lowest BCUT2D eigenvalue weighted by Gasteiger charge is -2.18. The van der Waals surface area contributed by atoms with Gasteiger partial charge in [-0.15, -0.1) is 0 Å². The van der Waals surface area contributed by atoms with Crippen LogP contribution in [0.3, 0.4) is 0 Å². The second-order valence-electron chi connectivity index (χ2n) is 4.83. The van der Waals surface area contributed by atoms with Crippen LogP contribution in [0, 0.1) is 3.57 Å². The van der Waals surface area contributed by atoms with Gasteiger partial charge < -0.3 is 5.32 Å². The zero-order valence-corrected chi connectivity index (χ0v) is 14.2. The Hall–Kier alpha value is -0.390. The van der Waals surface area contributed by atoms with Crippen molar-refractivity contribution in [3.8, 4) is 0 Å². The number of hydrogen-bond donors (Lipinski definition) is 1. The largest absolute Gasteiger partial charge is 0.369 e. The van der Waals surface area contributed by atoms with Crippen LogP contribution in [0.25, 0.3) is 0 Å². The van der Waals surface area contributed by atoms with Crippen molar-refractivity contribution in [3.63, 3.8) is 0 Å². The van der Waals surface area contributed by atoms with Gasteiger partial charge in [0.15, 0.2) is 0 Å². The highest BCUT2D eigenvalue weighted by Gasteiger charge is 2.18. The molecule has 0 aliphatic heterocycles. The van der Waals surface area contributed by atoms with Crippen LogP contribution in [-0.2, 0) is 0 Å². The van der Waals surface area contributed by atoms with Crippen molar-refractivity contribution in [2.45, 2.75) is 59.3 Å². The summed E-state index contributed by atoms with van der Waals surface area (Å²) in [6.45, 7) is 11.8. The molecule has 1 heterocycles. The summed E-state index contributed by atoms with van der Waals surface area (Å²) in [6, 6.07) is 0. The number of halogens is 1. The van der Waals surface area contributed by atoms with Gasteiger partial charge in [-0.3, -0.25) is 0 Å². The quantitative estimate of drug-likeness (QED) is 0.756. The molecule has 1 aromatic rings. The van der Waals surface area contributed by atoms with Gasteiger partial charge in [-0.05, 0) is 48.3 Å². The predicted octanol–water partition coefficient (Wildman–Crippen LogP) is 4.54. The first-order valence-electron chi connectivity index (χ1n) is 6.86. The molecule has 4 heteroatoms. The van der Waals surface area contributed by atoms with Gasteiger partial charge in [0.2, 0.25) is 0 Å². The third-order valence-electron chi connectivity index (χ3n) is 3.14. The summed E-state index contributed by atoms with van der Waals surface area (Å²) in [5, 5.41) is 3.36. The summed E-state index contributed by atoms with van der Waals surface area (Å²) >= 11 is 2.36. The van der Waals surface area contributed by atoms with Crippen LogP contribution in [0.15, 0.2) is 0 Å². The van der Waals surface area contributed by atoms with Gasteiger partial charge in [-0.2, -0.15) is 0 Å². The topological polar surface area (TPSA) is 37.8 Å². The molecule has 1 N–H and O–H groups in total. The third-order valence-corrected chi connectivity index (χ3v) is 4.20. The molecule has 0 fully saturated rings. The minimum Gasteiger partial charge on any atom is -0.369 e. The van der Waals surface area contributed by atoms with Crippen molar-refractivity contribution in [1.29, 1.82) is 0 Å². The summed E-state index contributed by atoms with van der Waals surface area (Å²) < 4.78 is 1.17. The zero-order chi connectivity index (χ0) is 13.7. The van der Waals surface area contributed by atoms with Crippen molar-refractivity contribution >= 4 is 28.4 Å². The lowest BCUT2D eigenvalue weighted by atomic mass is 10.0. The van der Waals surface area contributed by atoms with Gasteiger partial charge in [-0.1, -0.05) is 27.7 Å². The number of rotatable bonds is 6. The van der Waals surface area contributed by atoms with Gasteiger partial charge in [-0.25, -0.2) is 9.97 Å². The molecule has 0 unspecified atom stereocenters. The van der Waals surface area contributed by atoms with Crippen molar-refractivity contribution in [2.75, 3.05) is 11.9 Å². The summed E-state index contributed by atoms with van der Waals surface area (Å²) in [5.74, 6) is 2.90. The Kier molecular flexibility index (Phi) is 6.32. The van der Waals surface area contributed by atoms with Crippen LogP contribution in [0.5, 0.6) is 0 Å². The van der Waals surface area contributed by atoms with Gasteiger partial charge in [0.1, 0.15) is 11.6 Å². The van der Waals surface area contributed by atoms with Crippen LogP contribution in [0.4, 0.5) is 5.82 Å². The zero-order valence-electron chi connectivity index (χ0n) is 12.0. The first-order chi connectivity index (χ1) is 8.54.